The molecule has 1 aliphatic carbocycles. The van der Waals surface area contributed by atoms with Gasteiger partial charge in [-0.25, -0.2) is 0 Å². The van der Waals surface area contributed by atoms with Crippen LogP contribution in [0.15, 0.2) is 0 Å². The standard InChI is InChI=1S/C13H24N2O2/c1-10(14-11(2)13(3)4-5-13)12(16)15-6-8-17-9-7-15/h10-11,14H,4-9H2,1-3H3. The van der Waals surface area contributed by atoms with Gasteiger partial charge in [0.1, 0.15) is 0 Å². The lowest BCUT2D eigenvalue weighted by Crippen LogP contribution is -2.52. The first-order valence-corrected chi connectivity index (χ1v) is 6.65. The molecule has 0 spiro atoms. The average molecular weight is 240 g/mol. The number of amides is 1. The van der Waals surface area contributed by atoms with Crippen LogP contribution in [0.5, 0.6) is 0 Å². The fraction of sp³-hybridized carbons (Fsp3) is 0.923. The Bertz CT molecular complexity index is 283. The Morgan fingerprint density at radius 2 is 1.88 bits per heavy atom. The summed E-state index contributed by atoms with van der Waals surface area (Å²) in [6, 6.07) is 0.336. The molecule has 0 bridgehead atoms. The van der Waals surface area contributed by atoms with E-state index in [0.717, 1.165) is 13.1 Å². The molecule has 2 fully saturated rings. The maximum absolute atomic E-state index is 12.2. The summed E-state index contributed by atoms with van der Waals surface area (Å²) in [6.45, 7) is 9.26. The first-order valence-electron chi connectivity index (χ1n) is 6.65. The molecule has 4 nitrogen and oxygen atoms in total. The number of carbonyl (C=O) groups excluding carboxylic acids is 1. The number of carbonyl (C=O) groups is 1. The van der Waals surface area contributed by atoms with Crippen LogP contribution in [-0.4, -0.2) is 49.2 Å². The monoisotopic (exact) mass is 240 g/mol. The molecule has 0 aromatic rings. The third-order valence-electron chi connectivity index (χ3n) is 4.28. The lowest BCUT2D eigenvalue weighted by Gasteiger charge is -2.31. The number of rotatable bonds is 4. The van der Waals surface area contributed by atoms with Crippen molar-refractivity contribution in [1.82, 2.24) is 10.2 Å². The number of morpholine rings is 1. The predicted octanol–water partition coefficient (Wildman–Crippen LogP) is 1.01. The summed E-state index contributed by atoms with van der Waals surface area (Å²) < 4.78 is 5.26. The molecule has 2 aliphatic rings. The molecule has 2 rings (SSSR count). The van der Waals surface area contributed by atoms with Gasteiger partial charge in [-0.2, -0.15) is 0 Å². The van der Waals surface area contributed by atoms with Crippen molar-refractivity contribution in [3.8, 4) is 0 Å². The Morgan fingerprint density at radius 3 is 2.41 bits per heavy atom. The first kappa shape index (κ1) is 12.8. The maximum Gasteiger partial charge on any atom is 0.239 e. The highest BCUT2D eigenvalue weighted by Gasteiger charge is 2.43. The van der Waals surface area contributed by atoms with Gasteiger partial charge in [-0.3, -0.25) is 4.79 Å². The molecular weight excluding hydrogens is 216 g/mol. The Balaban J connectivity index is 1.81. The van der Waals surface area contributed by atoms with Crippen molar-refractivity contribution in [3.63, 3.8) is 0 Å². The highest BCUT2D eigenvalue weighted by atomic mass is 16.5. The van der Waals surface area contributed by atoms with Crippen LogP contribution in [0.4, 0.5) is 0 Å². The number of ether oxygens (including phenoxy) is 1. The third-order valence-corrected chi connectivity index (χ3v) is 4.28. The minimum absolute atomic E-state index is 0.0828. The molecule has 1 heterocycles. The van der Waals surface area contributed by atoms with Crippen LogP contribution in [0.3, 0.4) is 0 Å². The molecule has 1 N–H and O–H groups in total. The van der Waals surface area contributed by atoms with Gasteiger partial charge < -0.3 is 15.0 Å². The lowest BCUT2D eigenvalue weighted by molar-refractivity contribution is -0.137. The predicted molar refractivity (Wildman–Crippen MR) is 66.8 cm³/mol. The van der Waals surface area contributed by atoms with Gasteiger partial charge in [-0.05, 0) is 32.1 Å². The molecule has 1 aliphatic heterocycles. The van der Waals surface area contributed by atoms with E-state index in [4.69, 9.17) is 4.74 Å². The zero-order valence-electron chi connectivity index (χ0n) is 11.2. The molecule has 0 aromatic heterocycles. The molecule has 1 amide bonds. The smallest absolute Gasteiger partial charge is 0.239 e. The van der Waals surface area contributed by atoms with Crippen molar-refractivity contribution in [2.75, 3.05) is 26.3 Å². The SMILES string of the molecule is CC(NC(C)C1(C)CC1)C(=O)N1CCOCC1. The van der Waals surface area contributed by atoms with Crippen LogP contribution in [0.2, 0.25) is 0 Å². The van der Waals surface area contributed by atoms with Gasteiger partial charge in [0.25, 0.3) is 0 Å². The highest BCUT2D eigenvalue weighted by Crippen LogP contribution is 2.48. The van der Waals surface area contributed by atoms with Gasteiger partial charge in [0.05, 0.1) is 19.3 Å². The summed E-state index contributed by atoms with van der Waals surface area (Å²) in [6.07, 6.45) is 2.55. The fourth-order valence-electron chi connectivity index (χ4n) is 2.34. The molecule has 2 atom stereocenters. The molecule has 0 radical (unpaired) electrons. The molecule has 2 unspecified atom stereocenters. The second-order valence-corrected chi connectivity index (χ2v) is 5.70. The van der Waals surface area contributed by atoms with E-state index in [1.165, 1.54) is 12.8 Å². The number of nitrogens with one attached hydrogen (secondary N) is 1. The van der Waals surface area contributed by atoms with Crippen LogP contribution in [0.1, 0.15) is 33.6 Å². The molecule has 1 saturated carbocycles. The summed E-state index contributed by atoms with van der Waals surface area (Å²) in [5, 5.41) is 3.45. The van der Waals surface area contributed by atoms with Gasteiger partial charge in [0, 0.05) is 19.1 Å². The fourth-order valence-corrected chi connectivity index (χ4v) is 2.34. The van der Waals surface area contributed by atoms with E-state index in [1.807, 2.05) is 11.8 Å². The van der Waals surface area contributed by atoms with E-state index in [1.54, 1.807) is 0 Å². The average Bonchev–Trinajstić information content (AvgIpc) is 3.09. The van der Waals surface area contributed by atoms with Gasteiger partial charge in [0.2, 0.25) is 5.91 Å². The van der Waals surface area contributed by atoms with Crippen LogP contribution in [0, 0.1) is 5.41 Å². The highest BCUT2D eigenvalue weighted by molar-refractivity contribution is 5.81. The van der Waals surface area contributed by atoms with E-state index in [2.05, 4.69) is 19.2 Å². The van der Waals surface area contributed by atoms with Crippen molar-refractivity contribution < 1.29 is 9.53 Å². The molecule has 1 saturated heterocycles. The Kier molecular flexibility index (Phi) is 3.73. The summed E-state index contributed by atoms with van der Waals surface area (Å²) in [4.78, 5) is 14.1. The third kappa shape index (κ3) is 2.99. The van der Waals surface area contributed by atoms with Crippen LogP contribution >= 0.6 is 0 Å². The van der Waals surface area contributed by atoms with Crippen molar-refractivity contribution in [3.05, 3.63) is 0 Å². The second-order valence-electron chi connectivity index (χ2n) is 5.70. The van der Waals surface area contributed by atoms with Gasteiger partial charge in [-0.1, -0.05) is 6.92 Å². The topological polar surface area (TPSA) is 41.6 Å². The van der Waals surface area contributed by atoms with Gasteiger partial charge in [-0.15, -0.1) is 0 Å². The van der Waals surface area contributed by atoms with Crippen molar-refractivity contribution in [2.24, 2.45) is 5.41 Å². The number of hydrogen-bond acceptors (Lipinski definition) is 3. The second kappa shape index (κ2) is 4.94. The number of hydrogen-bond donors (Lipinski definition) is 1. The molecule has 4 heteroatoms. The minimum atomic E-state index is -0.0828. The van der Waals surface area contributed by atoms with E-state index < -0.39 is 0 Å². The van der Waals surface area contributed by atoms with Crippen molar-refractivity contribution in [2.45, 2.75) is 45.7 Å². The summed E-state index contributed by atoms with van der Waals surface area (Å²) in [5.41, 5.74) is 0.416. The minimum Gasteiger partial charge on any atom is -0.378 e. The summed E-state index contributed by atoms with van der Waals surface area (Å²) >= 11 is 0. The van der Waals surface area contributed by atoms with Crippen LogP contribution < -0.4 is 5.32 Å². The molecule has 17 heavy (non-hydrogen) atoms. The zero-order chi connectivity index (χ0) is 12.5. The van der Waals surface area contributed by atoms with E-state index >= 15 is 0 Å². The van der Waals surface area contributed by atoms with E-state index in [0.29, 0.717) is 24.7 Å². The first-order chi connectivity index (χ1) is 8.03. The quantitative estimate of drug-likeness (QED) is 0.797. The van der Waals surface area contributed by atoms with Gasteiger partial charge in [0.15, 0.2) is 0 Å². The number of nitrogens with zero attached hydrogens (tertiary/aromatic N) is 1. The summed E-state index contributed by atoms with van der Waals surface area (Å²) in [5.74, 6) is 0.212. The van der Waals surface area contributed by atoms with Crippen LogP contribution in [0.25, 0.3) is 0 Å². The summed E-state index contributed by atoms with van der Waals surface area (Å²) in [7, 11) is 0. The molecule has 98 valence electrons. The Morgan fingerprint density at radius 1 is 1.29 bits per heavy atom. The van der Waals surface area contributed by atoms with Gasteiger partial charge >= 0.3 is 0 Å². The van der Waals surface area contributed by atoms with Crippen molar-refractivity contribution in [1.29, 1.82) is 0 Å². The van der Waals surface area contributed by atoms with E-state index in [9.17, 15) is 4.79 Å². The Labute approximate surface area is 104 Å². The van der Waals surface area contributed by atoms with Crippen LogP contribution in [-0.2, 0) is 9.53 Å². The maximum atomic E-state index is 12.2. The van der Waals surface area contributed by atoms with Crippen molar-refractivity contribution >= 4 is 5.91 Å². The van der Waals surface area contributed by atoms with E-state index in [-0.39, 0.29) is 11.9 Å². The molecular formula is C13H24N2O2. The Hall–Kier alpha value is -0.610. The lowest BCUT2D eigenvalue weighted by atomic mass is 10.00. The normalized spacial score (nSPS) is 26.4. The molecule has 0 aromatic carbocycles. The zero-order valence-corrected chi connectivity index (χ0v) is 11.2. The largest absolute Gasteiger partial charge is 0.378 e.